The second kappa shape index (κ2) is 13.6. The average Bonchev–Trinajstić information content (AvgIpc) is 3.62. The van der Waals surface area contributed by atoms with Crippen molar-refractivity contribution in [1.29, 1.82) is 0 Å². The number of para-hydroxylation sites is 2. The predicted molar refractivity (Wildman–Crippen MR) is 236 cm³/mol. The highest BCUT2D eigenvalue weighted by molar-refractivity contribution is 6.20. The van der Waals surface area contributed by atoms with Gasteiger partial charge in [-0.15, -0.1) is 0 Å². The quantitative estimate of drug-likeness (QED) is 0.160. The van der Waals surface area contributed by atoms with E-state index in [1.807, 2.05) is 36.4 Å². The number of hydrogen-bond acceptors (Lipinski definition) is 3. The van der Waals surface area contributed by atoms with Crippen LogP contribution in [-0.2, 0) is 0 Å². The maximum atomic E-state index is 5.46. The van der Waals surface area contributed by atoms with E-state index in [4.69, 9.17) is 15.0 Å². The molecule has 11 rings (SSSR count). The highest BCUT2D eigenvalue weighted by atomic mass is 15.0. The predicted octanol–water partition coefficient (Wildman–Crippen LogP) is 13.6. The van der Waals surface area contributed by atoms with Gasteiger partial charge in [0.15, 0.2) is 5.82 Å². The van der Waals surface area contributed by atoms with Crippen LogP contribution in [0.2, 0.25) is 0 Å². The van der Waals surface area contributed by atoms with E-state index in [0.717, 1.165) is 78.0 Å². The number of aromatic nitrogens is 4. The fourth-order valence-electron chi connectivity index (χ4n) is 8.25. The van der Waals surface area contributed by atoms with Gasteiger partial charge in [-0.3, -0.25) is 0 Å². The first kappa shape index (κ1) is 32.7. The maximum Gasteiger partial charge on any atom is 0.160 e. The van der Waals surface area contributed by atoms with Gasteiger partial charge in [-0.1, -0.05) is 158 Å². The molecule has 0 unspecified atom stereocenters. The molecule has 0 radical (unpaired) electrons. The Labute approximate surface area is 330 Å². The Morgan fingerprint density at radius 2 is 0.877 bits per heavy atom. The molecule has 0 spiro atoms. The van der Waals surface area contributed by atoms with Gasteiger partial charge < -0.3 is 4.57 Å². The van der Waals surface area contributed by atoms with Crippen LogP contribution in [0.25, 0.3) is 105 Å². The first-order chi connectivity index (χ1) is 28.2. The van der Waals surface area contributed by atoms with Crippen LogP contribution in [0.1, 0.15) is 0 Å². The summed E-state index contributed by atoms with van der Waals surface area (Å²) in [6.07, 6.45) is 0. The topological polar surface area (TPSA) is 43.6 Å². The van der Waals surface area contributed by atoms with E-state index < -0.39 is 0 Å². The second-order valence-electron chi connectivity index (χ2n) is 14.4. The minimum Gasteiger partial charge on any atom is -0.309 e. The molecule has 0 saturated heterocycles. The maximum absolute atomic E-state index is 5.46. The fraction of sp³-hybridized carbons (Fsp3) is 0. The Hall–Kier alpha value is -7.69. The molecule has 3 heterocycles. The zero-order valence-electron chi connectivity index (χ0n) is 30.9. The van der Waals surface area contributed by atoms with E-state index >= 15 is 0 Å². The van der Waals surface area contributed by atoms with Gasteiger partial charge in [-0.05, 0) is 65.0 Å². The smallest absolute Gasteiger partial charge is 0.160 e. The van der Waals surface area contributed by atoms with E-state index in [1.165, 1.54) is 21.7 Å². The van der Waals surface area contributed by atoms with Gasteiger partial charge in [-0.2, -0.15) is 0 Å². The Morgan fingerprint density at radius 1 is 0.298 bits per heavy atom. The van der Waals surface area contributed by atoms with Crippen molar-refractivity contribution in [2.45, 2.75) is 0 Å². The third-order valence-electron chi connectivity index (χ3n) is 11.0. The summed E-state index contributed by atoms with van der Waals surface area (Å²) in [5, 5.41) is 5.88. The van der Waals surface area contributed by atoms with Crippen molar-refractivity contribution in [2.24, 2.45) is 0 Å². The molecule has 0 saturated carbocycles. The monoisotopic (exact) mass is 726 g/mol. The van der Waals surface area contributed by atoms with Crippen LogP contribution in [0.4, 0.5) is 0 Å². The van der Waals surface area contributed by atoms with Gasteiger partial charge in [0.1, 0.15) is 0 Å². The standard InChI is InChI=1S/C53H34N4/c1-5-16-35(17-6-1)47-34-48(36-18-7-2-8-19-36)56-53(55-47)40-23-15-22-38(30-40)39-28-29-42-44-32-45-43-26-13-14-27-50(43)57(41-24-11-4-12-25-41)51(45)33-46(44)52(54-49(42)31-39)37-20-9-3-10-21-37/h1-34H. The number of hydrogen-bond donors (Lipinski definition) is 0. The van der Waals surface area contributed by atoms with Crippen molar-refractivity contribution in [3.05, 3.63) is 206 Å². The molecule has 0 aliphatic carbocycles. The molecule has 0 amide bonds. The molecular weight excluding hydrogens is 693 g/mol. The number of nitrogens with zero attached hydrogens (tertiary/aromatic N) is 4. The lowest BCUT2D eigenvalue weighted by Crippen LogP contribution is -1.96. The van der Waals surface area contributed by atoms with Crippen LogP contribution in [0.15, 0.2) is 206 Å². The van der Waals surface area contributed by atoms with Crippen LogP contribution in [-0.4, -0.2) is 19.5 Å². The minimum absolute atomic E-state index is 0.687. The molecule has 0 aliphatic rings. The molecule has 0 aliphatic heterocycles. The Kier molecular flexibility index (Phi) is 7.78. The van der Waals surface area contributed by atoms with Gasteiger partial charge in [0.25, 0.3) is 0 Å². The van der Waals surface area contributed by atoms with Gasteiger partial charge >= 0.3 is 0 Å². The molecule has 0 N–H and O–H groups in total. The summed E-state index contributed by atoms with van der Waals surface area (Å²) in [5.74, 6) is 0.687. The highest BCUT2D eigenvalue weighted by Gasteiger charge is 2.18. The van der Waals surface area contributed by atoms with Gasteiger partial charge in [0.05, 0.1) is 33.6 Å². The molecule has 57 heavy (non-hydrogen) atoms. The normalized spacial score (nSPS) is 11.5. The van der Waals surface area contributed by atoms with Gasteiger partial charge in [0, 0.05) is 49.5 Å². The Balaban J connectivity index is 1.10. The molecule has 4 heteroatoms. The first-order valence-electron chi connectivity index (χ1n) is 19.3. The third kappa shape index (κ3) is 5.74. The van der Waals surface area contributed by atoms with E-state index in [1.54, 1.807) is 0 Å². The van der Waals surface area contributed by atoms with Crippen LogP contribution in [0.3, 0.4) is 0 Å². The molecule has 266 valence electrons. The van der Waals surface area contributed by atoms with E-state index in [2.05, 4.69) is 174 Å². The van der Waals surface area contributed by atoms with Crippen LogP contribution in [0.5, 0.6) is 0 Å². The Morgan fingerprint density at radius 3 is 1.58 bits per heavy atom. The van der Waals surface area contributed by atoms with Gasteiger partial charge in [0.2, 0.25) is 0 Å². The molecule has 0 bridgehead atoms. The summed E-state index contributed by atoms with van der Waals surface area (Å²) in [5.41, 5.74) is 13.5. The number of benzene rings is 8. The minimum atomic E-state index is 0.687. The zero-order valence-corrected chi connectivity index (χ0v) is 30.9. The highest BCUT2D eigenvalue weighted by Crippen LogP contribution is 2.41. The van der Waals surface area contributed by atoms with Crippen molar-refractivity contribution < 1.29 is 0 Å². The van der Waals surface area contributed by atoms with E-state index in [9.17, 15) is 0 Å². The van der Waals surface area contributed by atoms with Crippen molar-refractivity contribution in [3.63, 3.8) is 0 Å². The van der Waals surface area contributed by atoms with Gasteiger partial charge in [-0.25, -0.2) is 15.0 Å². The third-order valence-corrected chi connectivity index (χ3v) is 11.0. The summed E-state index contributed by atoms with van der Waals surface area (Å²) < 4.78 is 2.38. The fourth-order valence-corrected chi connectivity index (χ4v) is 8.25. The molecule has 11 aromatic rings. The number of pyridine rings is 1. The molecule has 0 atom stereocenters. The Bertz CT molecular complexity index is 3210. The van der Waals surface area contributed by atoms with Crippen LogP contribution < -0.4 is 0 Å². The summed E-state index contributed by atoms with van der Waals surface area (Å²) in [4.78, 5) is 15.7. The second-order valence-corrected chi connectivity index (χ2v) is 14.4. The van der Waals surface area contributed by atoms with Crippen LogP contribution >= 0.6 is 0 Å². The lowest BCUT2D eigenvalue weighted by atomic mass is 9.95. The largest absolute Gasteiger partial charge is 0.309 e. The van der Waals surface area contributed by atoms with Crippen molar-refractivity contribution in [2.75, 3.05) is 0 Å². The number of rotatable bonds is 6. The zero-order chi connectivity index (χ0) is 37.7. The first-order valence-corrected chi connectivity index (χ1v) is 19.3. The van der Waals surface area contributed by atoms with E-state index in [-0.39, 0.29) is 0 Å². The lowest BCUT2D eigenvalue weighted by Gasteiger charge is -2.14. The molecule has 0 fully saturated rings. The molecule has 4 nitrogen and oxygen atoms in total. The van der Waals surface area contributed by atoms with Crippen LogP contribution in [0, 0.1) is 0 Å². The molecule has 3 aromatic heterocycles. The summed E-state index contributed by atoms with van der Waals surface area (Å²) in [7, 11) is 0. The molecular formula is C53H34N4. The SMILES string of the molecule is c1ccc(-c2cc(-c3ccccc3)nc(-c3cccc(-c4ccc5c(c4)nc(-c4ccccc4)c4cc6c(cc45)c4ccccc4n6-c4ccccc4)c3)n2)cc1. The van der Waals surface area contributed by atoms with Crippen molar-refractivity contribution >= 4 is 43.5 Å². The average molecular weight is 727 g/mol. The molecule has 8 aromatic carbocycles. The number of fused-ring (bicyclic) bond motifs is 6. The summed E-state index contributed by atoms with van der Waals surface area (Å²) in [6, 6.07) is 72.6. The van der Waals surface area contributed by atoms with Crippen molar-refractivity contribution in [1.82, 2.24) is 19.5 Å². The lowest BCUT2D eigenvalue weighted by molar-refractivity contribution is 1.18. The van der Waals surface area contributed by atoms with Crippen molar-refractivity contribution in [3.8, 4) is 62.0 Å². The van der Waals surface area contributed by atoms with E-state index in [0.29, 0.717) is 5.82 Å². The summed E-state index contributed by atoms with van der Waals surface area (Å²) >= 11 is 0. The summed E-state index contributed by atoms with van der Waals surface area (Å²) in [6.45, 7) is 0.